The van der Waals surface area contributed by atoms with E-state index in [1.165, 1.54) is 54.2 Å². The molecule has 250 valence electrons. The summed E-state index contributed by atoms with van der Waals surface area (Å²) in [6.07, 6.45) is -7.53. The smallest absolute Gasteiger partial charge is 0.416 e. The van der Waals surface area contributed by atoms with Crippen LogP contribution in [-0.4, -0.2) is 41.7 Å². The van der Waals surface area contributed by atoms with Crippen LogP contribution in [0.4, 0.5) is 51.1 Å². The molecule has 0 saturated heterocycles. The summed E-state index contributed by atoms with van der Waals surface area (Å²) in [5.74, 6) is 0.719. The van der Waals surface area contributed by atoms with E-state index >= 15 is 0 Å². The Bertz CT molecular complexity index is 1430. The maximum Gasteiger partial charge on any atom is 0.416 e. The van der Waals surface area contributed by atoms with Gasteiger partial charge in [-0.25, -0.2) is 9.97 Å². The largest absolute Gasteiger partial charge is 0.489 e. The maximum atomic E-state index is 13.9. The fourth-order valence-corrected chi connectivity index (χ4v) is 4.77. The zero-order valence-electron chi connectivity index (χ0n) is 24.8. The van der Waals surface area contributed by atoms with Crippen LogP contribution in [0.2, 0.25) is 0 Å². The molecule has 3 aromatic rings. The van der Waals surface area contributed by atoms with E-state index in [0.717, 1.165) is 12.1 Å². The van der Waals surface area contributed by atoms with Gasteiger partial charge in [0.25, 0.3) is 0 Å². The molecule has 0 N–H and O–H groups in total. The topological polar surface area (TPSA) is 41.5 Å². The van der Waals surface area contributed by atoms with Gasteiger partial charge in [-0.1, -0.05) is 12.2 Å². The number of rotatable bonds is 14. The normalized spacial score (nSPS) is 12.8. The first-order chi connectivity index (χ1) is 21.5. The Kier molecular flexibility index (Phi) is 12.0. The van der Waals surface area contributed by atoms with Crippen molar-refractivity contribution in [3.63, 3.8) is 0 Å². The van der Waals surface area contributed by atoms with Crippen LogP contribution in [0.3, 0.4) is 0 Å². The van der Waals surface area contributed by atoms with Crippen molar-refractivity contribution in [3.05, 3.63) is 102 Å². The molecule has 46 heavy (non-hydrogen) atoms. The van der Waals surface area contributed by atoms with Crippen molar-refractivity contribution in [3.8, 4) is 5.75 Å². The van der Waals surface area contributed by atoms with Gasteiger partial charge in [-0.15, -0.1) is 13.2 Å². The number of nitrogens with zero attached hydrogens (tertiary/aromatic N) is 4. The van der Waals surface area contributed by atoms with Gasteiger partial charge in [0.05, 0.1) is 41.7 Å². The Balaban J connectivity index is 2.24. The highest BCUT2D eigenvalue weighted by Crippen LogP contribution is 2.40. The van der Waals surface area contributed by atoms with Crippen LogP contribution in [0.1, 0.15) is 40.8 Å². The van der Waals surface area contributed by atoms with Crippen molar-refractivity contribution in [1.82, 2.24) is 9.97 Å². The van der Waals surface area contributed by atoms with Gasteiger partial charge in [0.2, 0.25) is 5.95 Å². The fourth-order valence-electron chi connectivity index (χ4n) is 4.52. The van der Waals surface area contributed by atoms with E-state index < -0.39 is 53.4 Å². The van der Waals surface area contributed by atoms with Crippen LogP contribution >= 0.6 is 11.8 Å². The number of halogens is 9. The average Bonchev–Trinajstić information content (AvgIpc) is 2.98. The molecule has 0 amide bonds. The first-order valence-electron chi connectivity index (χ1n) is 13.7. The number of ether oxygens (including phenoxy) is 1. The number of hydrogen-bond acceptors (Lipinski definition) is 6. The highest BCUT2D eigenvalue weighted by molar-refractivity contribution is 7.98. The Labute approximate surface area is 264 Å². The Hall–Kier alpha value is -3.88. The molecule has 0 aliphatic carbocycles. The average molecular weight is 679 g/mol. The fraction of sp³-hybridized carbons (Fsp3) is 0.355. The molecule has 0 bridgehead atoms. The number of anilines is 2. The van der Waals surface area contributed by atoms with E-state index in [1.54, 1.807) is 4.90 Å². The molecule has 0 unspecified atom stereocenters. The molecule has 0 radical (unpaired) electrons. The minimum Gasteiger partial charge on any atom is -0.489 e. The molecule has 5 nitrogen and oxygen atoms in total. The lowest BCUT2D eigenvalue weighted by Gasteiger charge is -2.33. The highest BCUT2D eigenvalue weighted by Gasteiger charge is 2.38. The van der Waals surface area contributed by atoms with Gasteiger partial charge in [0.15, 0.2) is 5.75 Å². The van der Waals surface area contributed by atoms with E-state index in [1.807, 2.05) is 6.26 Å². The van der Waals surface area contributed by atoms with Crippen molar-refractivity contribution in [2.75, 3.05) is 41.5 Å². The van der Waals surface area contributed by atoms with Crippen molar-refractivity contribution in [1.29, 1.82) is 0 Å². The van der Waals surface area contributed by atoms with E-state index in [2.05, 4.69) is 23.1 Å². The van der Waals surface area contributed by atoms with Crippen LogP contribution in [0, 0.1) is 0 Å². The first kappa shape index (κ1) is 36.6. The van der Waals surface area contributed by atoms with E-state index in [-0.39, 0.29) is 36.4 Å². The third-order valence-electron chi connectivity index (χ3n) is 6.77. The van der Waals surface area contributed by atoms with Crippen molar-refractivity contribution >= 4 is 23.4 Å². The van der Waals surface area contributed by atoms with Crippen LogP contribution < -0.4 is 14.5 Å². The van der Waals surface area contributed by atoms with Crippen LogP contribution in [0.5, 0.6) is 5.75 Å². The summed E-state index contributed by atoms with van der Waals surface area (Å²) in [4.78, 5) is 11.4. The van der Waals surface area contributed by atoms with Crippen molar-refractivity contribution < 1.29 is 44.3 Å². The summed E-state index contributed by atoms with van der Waals surface area (Å²) in [5.41, 5.74) is -4.13. The summed E-state index contributed by atoms with van der Waals surface area (Å²) in [5, 5.41) is 0. The maximum absolute atomic E-state index is 13.9. The number of hydrogen-bond donors (Lipinski definition) is 0. The minimum atomic E-state index is -5.11. The summed E-state index contributed by atoms with van der Waals surface area (Å²) >= 11 is 1.52. The lowest BCUT2D eigenvalue weighted by molar-refractivity contribution is -0.143. The minimum absolute atomic E-state index is 0.00509. The number of aromatic nitrogens is 2. The molecule has 0 aliphatic rings. The second kappa shape index (κ2) is 15.1. The van der Waals surface area contributed by atoms with Crippen molar-refractivity contribution in [2.24, 2.45) is 0 Å². The molecule has 3 rings (SSSR count). The summed E-state index contributed by atoms with van der Waals surface area (Å²) < 4.78 is 130. The molecule has 0 aliphatic heterocycles. The molecular formula is C31H31F9N4OS. The molecule has 1 aromatic heterocycles. The quantitative estimate of drug-likeness (QED) is 0.0963. The van der Waals surface area contributed by atoms with E-state index in [4.69, 9.17) is 4.74 Å². The lowest BCUT2D eigenvalue weighted by Crippen LogP contribution is -2.31. The summed E-state index contributed by atoms with van der Waals surface area (Å²) in [7, 11) is 0. The third kappa shape index (κ3) is 9.56. The third-order valence-corrected chi connectivity index (χ3v) is 7.35. The first-order valence-corrected chi connectivity index (χ1v) is 15.1. The molecule has 15 heteroatoms. The van der Waals surface area contributed by atoms with Crippen LogP contribution in [0.15, 0.2) is 74.1 Å². The molecule has 0 saturated carbocycles. The Morgan fingerprint density at radius 2 is 1.37 bits per heavy atom. The molecule has 2 aromatic carbocycles. The molecule has 0 fully saturated rings. The predicted octanol–water partition coefficient (Wildman–Crippen LogP) is 9.22. The Morgan fingerprint density at radius 1 is 0.826 bits per heavy atom. The molecule has 0 spiro atoms. The zero-order valence-corrected chi connectivity index (χ0v) is 25.6. The van der Waals surface area contributed by atoms with Gasteiger partial charge >= 0.3 is 18.5 Å². The van der Waals surface area contributed by atoms with Gasteiger partial charge in [0, 0.05) is 31.1 Å². The van der Waals surface area contributed by atoms with Gasteiger partial charge in [-0.3, -0.25) is 0 Å². The Morgan fingerprint density at radius 3 is 1.85 bits per heavy atom. The van der Waals surface area contributed by atoms with Gasteiger partial charge in [-0.05, 0) is 60.7 Å². The number of alkyl halides is 9. The summed E-state index contributed by atoms with van der Waals surface area (Å²) in [6.45, 7) is 8.94. The van der Waals surface area contributed by atoms with Gasteiger partial charge in [-0.2, -0.15) is 51.3 Å². The predicted molar refractivity (Wildman–Crippen MR) is 161 cm³/mol. The molecule has 1 heterocycles. The van der Waals surface area contributed by atoms with E-state index in [9.17, 15) is 39.5 Å². The van der Waals surface area contributed by atoms with Crippen molar-refractivity contribution in [2.45, 2.75) is 38.0 Å². The lowest BCUT2D eigenvalue weighted by atomic mass is 9.98. The monoisotopic (exact) mass is 678 g/mol. The highest BCUT2D eigenvalue weighted by atomic mass is 32.2. The van der Waals surface area contributed by atoms with Crippen LogP contribution in [0.25, 0.3) is 0 Å². The van der Waals surface area contributed by atoms with Gasteiger partial charge in [0.1, 0.15) is 0 Å². The number of benzene rings is 2. The zero-order chi connectivity index (χ0) is 34.3. The SMILES string of the molecule is C=CCN(CC=C)c1ccc(C(F)(F)F)cc1CN(c1ncc(OCCSC)cn1)[C@@H](C)c1cc(C(F)(F)F)cc(C(F)(F)F)c1. The molecule has 1 atom stereocenters. The standard InChI is InChI=1S/C31H31F9N4OS/c1-5-9-43(10-6-2)27-8-7-23(29(32,33)34)15-22(27)19-44(28-41-17-26(18-42-28)45-11-12-46-4)20(3)21-13-24(30(35,36)37)16-25(14-21)31(38,39)40/h5-8,13-18,20H,1-2,9-12,19H2,3-4H3/t20-/m0/s1. The van der Waals surface area contributed by atoms with Crippen LogP contribution in [-0.2, 0) is 25.1 Å². The number of thioether (sulfide) groups is 1. The van der Waals surface area contributed by atoms with E-state index in [0.29, 0.717) is 30.2 Å². The second-order valence-corrected chi connectivity index (χ2v) is 11.0. The second-order valence-electron chi connectivity index (χ2n) is 10.0. The summed E-state index contributed by atoms with van der Waals surface area (Å²) in [6, 6.07) is 2.85. The van der Waals surface area contributed by atoms with Gasteiger partial charge < -0.3 is 14.5 Å². The molecular weight excluding hydrogens is 647 g/mol.